The monoisotopic (exact) mass is 437 g/mol. The van der Waals surface area contributed by atoms with Crippen molar-refractivity contribution in [3.63, 3.8) is 0 Å². The van der Waals surface area contributed by atoms with Gasteiger partial charge in [0.2, 0.25) is 11.7 Å². The number of imide groups is 1. The quantitative estimate of drug-likeness (QED) is 0.559. The van der Waals surface area contributed by atoms with Gasteiger partial charge in [-0.1, -0.05) is 31.8 Å². The van der Waals surface area contributed by atoms with Gasteiger partial charge in [0.15, 0.2) is 0 Å². The summed E-state index contributed by atoms with van der Waals surface area (Å²) in [4.78, 5) is 41.8. The topological polar surface area (TPSA) is 117 Å². The van der Waals surface area contributed by atoms with Crippen LogP contribution in [-0.2, 0) is 11.3 Å². The highest BCUT2D eigenvalue weighted by Crippen LogP contribution is 2.46. The zero-order valence-corrected chi connectivity index (χ0v) is 18.8. The molecule has 0 radical (unpaired) electrons. The maximum Gasteiger partial charge on any atom is 0.325 e. The molecule has 2 fully saturated rings. The van der Waals surface area contributed by atoms with E-state index in [1.54, 1.807) is 11.1 Å². The van der Waals surface area contributed by atoms with Crippen LogP contribution in [0, 0.1) is 23.7 Å². The average molecular weight is 438 g/mol. The Hall–Kier alpha value is -3.48. The minimum atomic E-state index is -0.868. The maximum absolute atomic E-state index is 13.3. The Labute approximate surface area is 186 Å². The Bertz CT molecular complexity index is 1070. The van der Waals surface area contributed by atoms with Crippen LogP contribution in [0.25, 0.3) is 11.5 Å². The van der Waals surface area contributed by atoms with E-state index in [2.05, 4.69) is 52.1 Å². The van der Waals surface area contributed by atoms with Crippen LogP contribution in [0.4, 0.5) is 10.6 Å². The van der Waals surface area contributed by atoms with Gasteiger partial charge in [-0.25, -0.2) is 14.8 Å². The molecule has 0 aromatic carbocycles. The molecule has 3 heterocycles. The first kappa shape index (κ1) is 21.7. The Kier molecular flexibility index (Phi) is 5.36. The van der Waals surface area contributed by atoms with E-state index in [1.807, 2.05) is 7.05 Å². The molecule has 1 spiro atoms. The van der Waals surface area contributed by atoms with E-state index in [0.717, 1.165) is 11.3 Å². The van der Waals surface area contributed by atoms with E-state index in [4.69, 9.17) is 10.9 Å². The van der Waals surface area contributed by atoms with Gasteiger partial charge >= 0.3 is 6.03 Å². The van der Waals surface area contributed by atoms with Gasteiger partial charge in [-0.05, 0) is 30.6 Å². The lowest BCUT2D eigenvalue weighted by molar-refractivity contribution is -0.135. The first-order valence-corrected chi connectivity index (χ1v) is 10.6. The van der Waals surface area contributed by atoms with Crippen molar-refractivity contribution in [2.75, 3.05) is 18.5 Å². The first-order valence-electron chi connectivity index (χ1n) is 10.6. The molecule has 0 unspecified atom stereocenters. The van der Waals surface area contributed by atoms with Crippen molar-refractivity contribution in [1.82, 2.24) is 30.3 Å². The lowest BCUT2D eigenvalue weighted by Gasteiger charge is -2.43. The standard InChI is InChI=1S/C22H27N7O3/c1-6-7-28(5)16-11-23-15(10-24-16)18-25-17(32-27-18)12-29-19(30)22(26-20(29)31)9-14(2)8-21(3,4)13-22/h1,10-11,14H,7-9,12-13H2,2-5H3,(H,26,31)/t14-,22+/m0/s1. The van der Waals surface area contributed by atoms with Crippen LogP contribution in [0.5, 0.6) is 0 Å². The van der Waals surface area contributed by atoms with Gasteiger partial charge in [0.25, 0.3) is 5.91 Å². The SMILES string of the molecule is C#CCN(C)c1cnc(-c2noc(CN3C(=O)N[C@@]4(C[C@@H](C)CC(C)(C)C4)C3=O)n2)cn1. The summed E-state index contributed by atoms with van der Waals surface area (Å²) >= 11 is 0. The number of aromatic nitrogens is 4. The Balaban J connectivity index is 1.48. The van der Waals surface area contributed by atoms with E-state index in [0.29, 0.717) is 36.8 Å². The zero-order valence-electron chi connectivity index (χ0n) is 18.8. The van der Waals surface area contributed by atoms with E-state index < -0.39 is 11.6 Å². The van der Waals surface area contributed by atoms with Crippen LogP contribution in [-0.4, -0.2) is 56.1 Å². The predicted molar refractivity (Wildman–Crippen MR) is 116 cm³/mol. The summed E-state index contributed by atoms with van der Waals surface area (Å²) in [5.41, 5.74) is -0.491. The summed E-state index contributed by atoms with van der Waals surface area (Å²) in [6.45, 7) is 6.70. The Morgan fingerprint density at radius 2 is 2.09 bits per heavy atom. The molecular weight excluding hydrogens is 410 g/mol. The number of urea groups is 1. The smallest absolute Gasteiger partial charge is 0.325 e. The van der Waals surface area contributed by atoms with Crippen LogP contribution in [0.15, 0.2) is 16.9 Å². The van der Waals surface area contributed by atoms with Crippen molar-refractivity contribution in [3.05, 3.63) is 18.3 Å². The summed E-state index contributed by atoms with van der Waals surface area (Å²) in [7, 11) is 1.81. The number of hydrogen-bond donors (Lipinski definition) is 1. The number of nitrogens with one attached hydrogen (secondary N) is 1. The van der Waals surface area contributed by atoms with Gasteiger partial charge in [-0.2, -0.15) is 4.98 Å². The molecule has 32 heavy (non-hydrogen) atoms. The predicted octanol–water partition coefficient (Wildman–Crippen LogP) is 2.23. The number of amides is 3. The van der Waals surface area contributed by atoms with Crippen LogP contribution in [0.1, 0.15) is 45.9 Å². The number of nitrogens with zero attached hydrogens (tertiary/aromatic N) is 6. The normalized spacial score (nSPS) is 24.5. The summed E-state index contributed by atoms with van der Waals surface area (Å²) in [6, 6.07) is -0.430. The molecule has 1 aliphatic carbocycles. The Morgan fingerprint density at radius 1 is 1.31 bits per heavy atom. The fraction of sp³-hybridized carbons (Fsp3) is 0.545. The lowest BCUT2D eigenvalue weighted by atomic mass is 9.64. The van der Waals surface area contributed by atoms with Crippen molar-refractivity contribution in [2.24, 2.45) is 11.3 Å². The van der Waals surface area contributed by atoms with Gasteiger partial charge < -0.3 is 14.7 Å². The molecule has 168 valence electrons. The van der Waals surface area contributed by atoms with Gasteiger partial charge in [0.1, 0.15) is 23.6 Å². The third-order valence-electron chi connectivity index (χ3n) is 5.97. The number of carbonyl (C=O) groups is 2. The fourth-order valence-corrected chi connectivity index (χ4v) is 5.06. The highest BCUT2D eigenvalue weighted by molar-refractivity contribution is 6.07. The van der Waals surface area contributed by atoms with Crippen LogP contribution < -0.4 is 10.2 Å². The molecule has 1 N–H and O–H groups in total. The average Bonchev–Trinajstić information content (AvgIpc) is 3.26. The second-order valence-corrected chi connectivity index (χ2v) is 9.59. The molecule has 2 aromatic rings. The summed E-state index contributed by atoms with van der Waals surface area (Å²) in [6.07, 6.45) is 10.7. The van der Waals surface area contributed by atoms with Crippen molar-refractivity contribution in [3.8, 4) is 23.9 Å². The molecule has 2 aliphatic rings. The maximum atomic E-state index is 13.3. The zero-order chi connectivity index (χ0) is 23.1. The van der Waals surface area contributed by atoms with Gasteiger partial charge in [-0.15, -0.1) is 6.42 Å². The molecule has 4 rings (SSSR count). The molecule has 10 nitrogen and oxygen atoms in total. The van der Waals surface area contributed by atoms with Crippen molar-refractivity contribution in [2.45, 2.75) is 52.1 Å². The van der Waals surface area contributed by atoms with Crippen molar-refractivity contribution >= 4 is 17.8 Å². The molecule has 0 bridgehead atoms. The Morgan fingerprint density at radius 3 is 2.75 bits per heavy atom. The van der Waals surface area contributed by atoms with Gasteiger partial charge in [-0.3, -0.25) is 9.69 Å². The second-order valence-electron chi connectivity index (χ2n) is 9.59. The molecular formula is C22H27N7O3. The summed E-state index contributed by atoms with van der Waals surface area (Å²) < 4.78 is 5.29. The van der Waals surface area contributed by atoms with Crippen molar-refractivity contribution in [1.29, 1.82) is 0 Å². The third-order valence-corrected chi connectivity index (χ3v) is 5.97. The minimum absolute atomic E-state index is 0.0343. The highest BCUT2D eigenvalue weighted by Gasteiger charge is 2.56. The molecule has 2 aromatic heterocycles. The molecule has 1 aliphatic heterocycles. The van der Waals surface area contributed by atoms with Crippen LogP contribution in [0.2, 0.25) is 0 Å². The molecule has 1 saturated carbocycles. The lowest BCUT2D eigenvalue weighted by Crippen LogP contribution is -2.54. The minimum Gasteiger partial charge on any atom is -0.347 e. The third kappa shape index (κ3) is 4.02. The second kappa shape index (κ2) is 7.89. The number of terminal acetylenes is 1. The van der Waals surface area contributed by atoms with Gasteiger partial charge in [0, 0.05) is 7.05 Å². The fourth-order valence-electron chi connectivity index (χ4n) is 5.06. The van der Waals surface area contributed by atoms with E-state index in [-0.39, 0.29) is 29.6 Å². The summed E-state index contributed by atoms with van der Waals surface area (Å²) in [5.74, 6) is 3.63. The highest BCUT2D eigenvalue weighted by atomic mass is 16.5. The van der Waals surface area contributed by atoms with Crippen LogP contribution in [0.3, 0.4) is 0 Å². The summed E-state index contributed by atoms with van der Waals surface area (Å²) in [5, 5.41) is 6.87. The molecule has 2 atom stereocenters. The number of rotatable bonds is 5. The molecule has 1 saturated heterocycles. The van der Waals surface area contributed by atoms with Gasteiger partial charge in [0.05, 0.1) is 18.9 Å². The number of carbonyl (C=O) groups excluding carboxylic acids is 2. The first-order chi connectivity index (χ1) is 15.1. The molecule has 3 amide bonds. The van der Waals surface area contributed by atoms with E-state index in [9.17, 15) is 9.59 Å². The number of hydrogen-bond acceptors (Lipinski definition) is 8. The van der Waals surface area contributed by atoms with E-state index in [1.165, 1.54) is 6.20 Å². The van der Waals surface area contributed by atoms with Crippen molar-refractivity contribution < 1.29 is 14.1 Å². The molecule has 10 heteroatoms. The van der Waals surface area contributed by atoms with Crippen LogP contribution >= 0.6 is 0 Å². The van der Waals surface area contributed by atoms with E-state index >= 15 is 0 Å². The number of anilines is 1. The largest absolute Gasteiger partial charge is 0.347 e.